The van der Waals surface area contributed by atoms with Crippen molar-refractivity contribution in [3.05, 3.63) is 0 Å². The Bertz CT molecular complexity index is 91.7. The van der Waals surface area contributed by atoms with Gasteiger partial charge in [-0.1, -0.05) is 0 Å². The zero-order valence-corrected chi connectivity index (χ0v) is 3.79. The van der Waals surface area contributed by atoms with Crippen molar-refractivity contribution in [3.63, 3.8) is 0 Å². The minimum absolute atomic E-state index is 0. The molecule has 0 bridgehead atoms. The highest BCUT2D eigenvalue weighted by molar-refractivity contribution is 7.79. The van der Waals surface area contributed by atoms with Crippen LogP contribution in [0.3, 0.4) is 0 Å². The van der Waals surface area contributed by atoms with Gasteiger partial charge in [0.25, 0.3) is 0 Å². The van der Waals surface area contributed by atoms with Crippen molar-refractivity contribution in [3.8, 4) is 0 Å². The molecule has 0 rings (SSSR count). The molecule has 0 aliphatic carbocycles. The van der Waals surface area contributed by atoms with Crippen molar-refractivity contribution < 1.29 is 29.5 Å². The van der Waals surface area contributed by atoms with E-state index in [1.165, 1.54) is 0 Å². The summed E-state index contributed by atoms with van der Waals surface area (Å²) in [5.41, 5.74) is 0. The van der Waals surface area contributed by atoms with Crippen LogP contribution >= 0.6 is 0 Å². The van der Waals surface area contributed by atoms with Crippen molar-refractivity contribution in [2.24, 2.45) is 0 Å². The van der Waals surface area contributed by atoms with E-state index in [-0.39, 0.29) is 1.43 Å². The first-order valence-corrected chi connectivity index (χ1v) is 2.25. The molecule has 0 saturated carbocycles. The molecule has 7 heteroatoms. The van der Waals surface area contributed by atoms with E-state index >= 15 is 0 Å². The highest BCUT2D eigenvalue weighted by Crippen LogP contribution is 1.58. The molecule has 0 unspecified atom stereocenters. The fourth-order valence-corrected chi connectivity index (χ4v) is 0. The second-order valence-electron chi connectivity index (χ2n) is 0.428. The Morgan fingerprint density at radius 2 is 1.43 bits per heavy atom. The number of rotatable bonds is 0. The van der Waals surface area contributed by atoms with Gasteiger partial charge in [0.2, 0.25) is 10.4 Å². The Balaban J connectivity index is -0.0000000750. The van der Waals surface area contributed by atoms with E-state index in [4.69, 9.17) is 28.0 Å². The van der Waals surface area contributed by atoms with Gasteiger partial charge in [0.05, 0.1) is 0 Å². The summed E-state index contributed by atoms with van der Waals surface area (Å²) in [5, 5.41) is 12.0. The summed E-state index contributed by atoms with van der Waals surface area (Å²) in [7, 11) is -4.92. The molecule has 7 heavy (non-hydrogen) atoms. The van der Waals surface area contributed by atoms with Crippen molar-refractivity contribution in [1.29, 1.82) is 0 Å². The highest BCUT2D eigenvalue weighted by atomic mass is 32.3. The van der Waals surface area contributed by atoms with Gasteiger partial charge in [0.1, 0.15) is 0 Å². The first-order valence-electron chi connectivity index (χ1n) is 0.883. The average Bonchev–Trinajstić information content (AvgIpc) is 1.36. The van der Waals surface area contributed by atoms with Crippen LogP contribution in [0.1, 0.15) is 1.43 Å². The van der Waals surface area contributed by atoms with Gasteiger partial charge in [-0.2, -0.15) is 0 Å². The molecule has 0 fully saturated rings. The Morgan fingerprint density at radius 1 is 1.43 bits per heavy atom. The standard InChI is InChI=1S/H2O4S.H2O2/c1-5(2,3)4;1-2/h(H2,1,2,3,4);1-2H. The zero-order chi connectivity index (χ0) is 6.50. The molecule has 0 spiro atoms. The molecule has 0 saturated heterocycles. The van der Waals surface area contributed by atoms with Crippen LogP contribution < -0.4 is 0 Å². The fourth-order valence-electron chi connectivity index (χ4n) is 0. The summed E-state index contributed by atoms with van der Waals surface area (Å²) in [6.45, 7) is 0. The van der Waals surface area contributed by atoms with E-state index in [1.54, 1.807) is 0 Å². The third-order valence-corrected chi connectivity index (χ3v) is 0. The van der Waals surface area contributed by atoms with Crippen molar-refractivity contribution in [2.45, 2.75) is 0 Å². The predicted octanol–water partition coefficient (Wildman–Crippen LogP) is -0.865. The molecule has 0 aliphatic heterocycles. The lowest BCUT2D eigenvalue weighted by atomic mass is 15.0. The van der Waals surface area contributed by atoms with Crippen LogP contribution in [0.2, 0.25) is 0 Å². The maximum Gasteiger partial charge on any atom is 1.00 e. The Kier molecular flexibility index (Phi) is 5.62. The van der Waals surface area contributed by atoms with E-state index in [0.29, 0.717) is 0 Å². The molecule has 3 N–H and O–H groups in total. The van der Waals surface area contributed by atoms with Crippen LogP contribution in [-0.4, -0.2) is 28.0 Å². The summed E-state index contributed by atoms with van der Waals surface area (Å²) in [6, 6.07) is 0. The third kappa shape index (κ3) is 1890. The lowest BCUT2D eigenvalue weighted by Crippen LogP contribution is -1.90. The third-order valence-electron chi connectivity index (χ3n) is 0. The molecule has 0 aromatic rings. The van der Waals surface area contributed by atoms with Gasteiger partial charge in [-0.3, -0.25) is 15.1 Å². The number of hydrogen-bond donors (Lipinski definition) is 3. The summed E-state index contributed by atoms with van der Waals surface area (Å²) in [4.78, 5) is 0. The van der Waals surface area contributed by atoms with Gasteiger partial charge < -0.3 is 4.55 Å². The van der Waals surface area contributed by atoms with Crippen LogP contribution in [0.5, 0.6) is 0 Å². The van der Waals surface area contributed by atoms with E-state index in [0.717, 1.165) is 0 Å². The highest BCUT2D eigenvalue weighted by Gasteiger charge is 1.67. The Morgan fingerprint density at radius 3 is 1.43 bits per heavy atom. The average molecular weight is 132 g/mol. The van der Waals surface area contributed by atoms with Crippen LogP contribution in [0.4, 0.5) is 0 Å². The molecular formula is H4O6S. The lowest BCUT2D eigenvalue weighted by Gasteiger charge is -1.88. The second kappa shape index (κ2) is 3.96. The van der Waals surface area contributed by atoms with Gasteiger partial charge in [0, 0.05) is 0 Å². The van der Waals surface area contributed by atoms with Crippen molar-refractivity contribution in [2.75, 3.05) is 0 Å². The lowest BCUT2D eigenvalue weighted by molar-refractivity contribution is -0.176. The van der Waals surface area contributed by atoms with Crippen LogP contribution in [0.15, 0.2) is 0 Å². The largest absolute Gasteiger partial charge is 1.00 e. The summed E-state index contributed by atoms with van der Waals surface area (Å²) >= 11 is 0. The van der Waals surface area contributed by atoms with E-state index < -0.39 is 10.4 Å². The van der Waals surface area contributed by atoms with Gasteiger partial charge in [-0.25, -0.2) is 8.42 Å². The van der Waals surface area contributed by atoms with Crippen LogP contribution in [0, 0.1) is 0 Å². The van der Waals surface area contributed by atoms with Crippen molar-refractivity contribution in [1.82, 2.24) is 0 Å². The van der Waals surface area contributed by atoms with Gasteiger partial charge in [-0.05, 0) is 0 Å². The monoisotopic (exact) mass is 132 g/mol. The molecule has 0 atom stereocenters. The molecule has 0 aliphatic rings. The van der Waals surface area contributed by atoms with Crippen molar-refractivity contribution >= 4 is 10.4 Å². The van der Waals surface area contributed by atoms with Gasteiger partial charge >= 0.3 is 1.43 Å². The summed E-state index contributed by atoms with van der Waals surface area (Å²) < 4.78 is 32.8. The first kappa shape index (κ1) is 9.92. The normalized spacial score (nSPS) is 9.14. The van der Waals surface area contributed by atoms with E-state index in [2.05, 4.69) is 0 Å². The number of hydrogen-bond acceptors (Lipinski definition) is 5. The van der Waals surface area contributed by atoms with E-state index in [1.807, 2.05) is 0 Å². The van der Waals surface area contributed by atoms with Gasteiger partial charge in [-0.15, -0.1) is 0 Å². The molecule has 6 nitrogen and oxygen atoms in total. The summed E-state index contributed by atoms with van der Waals surface area (Å²) in [6.07, 6.45) is 0. The minimum atomic E-state index is -4.92. The Labute approximate surface area is 41.0 Å². The zero-order valence-electron chi connectivity index (χ0n) is 3.97. The predicted molar refractivity (Wildman–Crippen MR) is 18.7 cm³/mol. The van der Waals surface area contributed by atoms with Crippen LogP contribution in [0.25, 0.3) is 0 Å². The van der Waals surface area contributed by atoms with Crippen LogP contribution in [-0.2, 0) is 10.4 Å². The quantitative estimate of drug-likeness (QED) is 0.171. The molecule has 0 radical (unpaired) electrons. The smallest absolute Gasteiger partial charge is 0.726 e. The maximum atomic E-state index is 8.63. The molecule has 0 aromatic heterocycles. The minimum Gasteiger partial charge on any atom is -0.726 e. The van der Waals surface area contributed by atoms with E-state index in [9.17, 15) is 0 Å². The molecular weight excluding hydrogens is 128 g/mol. The molecule has 0 amide bonds. The van der Waals surface area contributed by atoms with Gasteiger partial charge in [0.15, 0.2) is 0 Å². The molecule has 0 aromatic carbocycles. The molecule has 0 heterocycles. The Hall–Kier alpha value is -0.210. The SMILES string of the molecule is O=S(=O)([O-])O.OO.[H+]. The first-order chi connectivity index (χ1) is 3.00. The second-order valence-corrected chi connectivity index (χ2v) is 1.28. The molecule has 46 valence electrons. The fraction of sp³-hybridized carbons (Fsp3) is 0. The topological polar surface area (TPSA) is 118 Å². The summed E-state index contributed by atoms with van der Waals surface area (Å²) in [5.74, 6) is 0. The maximum absolute atomic E-state index is 8.63.